The van der Waals surface area contributed by atoms with Crippen LogP contribution in [0.3, 0.4) is 0 Å². The lowest BCUT2D eigenvalue weighted by atomic mass is 9.87. The molecular formula is C13H19NO3. The minimum absolute atomic E-state index is 0.0679. The molecule has 1 heterocycles. The first kappa shape index (κ1) is 12.2. The molecule has 2 rings (SSSR count). The molecule has 3 N–H and O–H groups in total. The average Bonchev–Trinajstić information content (AvgIpc) is 2.62. The molecule has 94 valence electrons. The van der Waals surface area contributed by atoms with E-state index in [1.54, 1.807) is 0 Å². The Labute approximate surface area is 101 Å². The molecule has 1 aromatic carbocycles. The Kier molecular flexibility index (Phi) is 3.26. The summed E-state index contributed by atoms with van der Waals surface area (Å²) >= 11 is 0. The first-order chi connectivity index (χ1) is 8.03. The van der Waals surface area contributed by atoms with Crippen molar-refractivity contribution in [3.8, 4) is 5.75 Å². The first-order valence-electron chi connectivity index (χ1n) is 5.83. The number of nitrogens with one attached hydrogen (secondary N) is 1. The van der Waals surface area contributed by atoms with Gasteiger partial charge in [0.2, 0.25) is 0 Å². The number of anilines is 1. The second-order valence-corrected chi connectivity index (χ2v) is 5.10. The largest absolute Gasteiger partial charge is 0.492 e. The summed E-state index contributed by atoms with van der Waals surface area (Å²) < 4.78 is 5.64. The SMILES string of the molecule is CC1(C)COc2cc(NCC(O)CO)ccc21. The fourth-order valence-electron chi connectivity index (χ4n) is 1.95. The number of fused-ring (bicyclic) bond motifs is 1. The van der Waals surface area contributed by atoms with E-state index in [4.69, 9.17) is 9.84 Å². The van der Waals surface area contributed by atoms with Gasteiger partial charge >= 0.3 is 0 Å². The molecule has 1 aliphatic heterocycles. The molecule has 0 fully saturated rings. The Morgan fingerprint density at radius 1 is 1.47 bits per heavy atom. The van der Waals surface area contributed by atoms with Crippen molar-refractivity contribution in [1.82, 2.24) is 0 Å². The lowest BCUT2D eigenvalue weighted by Crippen LogP contribution is -2.22. The molecule has 4 nitrogen and oxygen atoms in total. The van der Waals surface area contributed by atoms with Gasteiger partial charge in [0.1, 0.15) is 5.75 Å². The van der Waals surface area contributed by atoms with Crippen LogP contribution in [-0.4, -0.2) is 36.1 Å². The van der Waals surface area contributed by atoms with Crippen LogP contribution in [0.25, 0.3) is 0 Å². The smallest absolute Gasteiger partial charge is 0.125 e. The third-order valence-corrected chi connectivity index (χ3v) is 3.05. The Morgan fingerprint density at radius 2 is 2.24 bits per heavy atom. The summed E-state index contributed by atoms with van der Waals surface area (Å²) in [5, 5.41) is 21.0. The van der Waals surface area contributed by atoms with Crippen LogP contribution in [0.4, 0.5) is 5.69 Å². The summed E-state index contributed by atoms with van der Waals surface area (Å²) in [5.41, 5.74) is 2.18. The van der Waals surface area contributed by atoms with Gasteiger partial charge in [-0.3, -0.25) is 0 Å². The predicted molar refractivity (Wildman–Crippen MR) is 66.5 cm³/mol. The van der Waals surface area contributed by atoms with E-state index in [0.29, 0.717) is 13.2 Å². The van der Waals surface area contributed by atoms with Crippen molar-refractivity contribution in [3.63, 3.8) is 0 Å². The highest BCUT2D eigenvalue weighted by Gasteiger charge is 2.31. The van der Waals surface area contributed by atoms with Crippen molar-refractivity contribution in [2.24, 2.45) is 0 Å². The number of aliphatic hydroxyl groups excluding tert-OH is 2. The van der Waals surface area contributed by atoms with Crippen molar-refractivity contribution < 1.29 is 14.9 Å². The van der Waals surface area contributed by atoms with Crippen LogP contribution in [0.2, 0.25) is 0 Å². The zero-order valence-electron chi connectivity index (χ0n) is 10.2. The number of aliphatic hydroxyl groups is 2. The molecule has 1 aromatic rings. The van der Waals surface area contributed by atoms with E-state index >= 15 is 0 Å². The van der Waals surface area contributed by atoms with E-state index in [1.807, 2.05) is 12.1 Å². The van der Waals surface area contributed by atoms with Gasteiger partial charge in [0.05, 0.1) is 19.3 Å². The fraction of sp³-hybridized carbons (Fsp3) is 0.538. The van der Waals surface area contributed by atoms with Crippen LogP contribution in [0.1, 0.15) is 19.4 Å². The summed E-state index contributed by atoms with van der Waals surface area (Å²) in [6, 6.07) is 5.96. The monoisotopic (exact) mass is 237 g/mol. The lowest BCUT2D eigenvalue weighted by molar-refractivity contribution is 0.105. The van der Waals surface area contributed by atoms with Crippen LogP contribution in [0, 0.1) is 0 Å². The summed E-state index contributed by atoms with van der Waals surface area (Å²) in [6.07, 6.45) is -0.736. The number of hydrogen-bond donors (Lipinski definition) is 3. The molecule has 1 unspecified atom stereocenters. The normalized spacial score (nSPS) is 18.4. The Balaban J connectivity index is 2.08. The minimum Gasteiger partial charge on any atom is -0.492 e. The summed E-state index contributed by atoms with van der Waals surface area (Å²) in [4.78, 5) is 0. The van der Waals surface area contributed by atoms with Gasteiger partial charge in [-0.1, -0.05) is 19.9 Å². The maximum absolute atomic E-state index is 9.25. The number of rotatable bonds is 4. The van der Waals surface area contributed by atoms with Gasteiger partial charge in [0, 0.05) is 29.3 Å². The standard InChI is InChI=1S/C13H19NO3/c1-13(2)8-17-12-5-9(3-4-11(12)13)14-6-10(16)7-15/h3-5,10,14-16H,6-8H2,1-2H3. The van der Waals surface area contributed by atoms with E-state index in [0.717, 1.165) is 11.4 Å². The van der Waals surface area contributed by atoms with Gasteiger partial charge in [-0.15, -0.1) is 0 Å². The summed E-state index contributed by atoms with van der Waals surface area (Å²) in [7, 11) is 0. The van der Waals surface area contributed by atoms with Crippen molar-refractivity contribution in [2.45, 2.75) is 25.4 Å². The molecule has 1 atom stereocenters. The van der Waals surface area contributed by atoms with Gasteiger partial charge in [0.15, 0.2) is 0 Å². The van der Waals surface area contributed by atoms with E-state index in [2.05, 4.69) is 25.2 Å². The van der Waals surface area contributed by atoms with E-state index in [1.165, 1.54) is 5.56 Å². The predicted octanol–water partition coefficient (Wildman–Crippen LogP) is 1.12. The Hall–Kier alpha value is -1.26. The number of ether oxygens (including phenoxy) is 1. The molecule has 0 saturated carbocycles. The molecule has 0 aromatic heterocycles. The molecular weight excluding hydrogens is 218 g/mol. The minimum atomic E-state index is -0.736. The van der Waals surface area contributed by atoms with Crippen LogP contribution < -0.4 is 10.1 Å². The highest BCUT2D eigenvalue weighted by atomic mass is 16.5. The quantitative estimate of drug-likeness (QED) is 0.734. The van der Waals surface area contributed by atoms with Crippen molar-refractivity contribution >= 4 is 5.69 Å². The maximum atomic E-state index is 9.25. The molecule has 0 amide bonds. The molecule has 0 saturated heterocycles. The Bertz CT molecular complexity index is 404. The topological polar surface area (TPSA) is 61.7 Å². The number of hydrogen-bond acceptors (Lipinski definition) is 4. The maximum Gasteiger partial charge on any atom is 0.125 e. The molecule has 1 aliphatic rings. The third-order valence-electron chi connectivity index (χ3n) is 3.05. The average molecular weight is 237 g/mol. The van der Waals surface area contributed by atoms with Crippen LogP contribution in [0.5, 0.6) is 5.75 Å². The number of benzene rings is 1. The van der Waals surface area contributed by atoms with Gasteiger partial charge in [0.25, 0.3) is 0 Å². The fourth-order valence-corrected chi connectivity index (χ4v) is 1.95. The van der Waals surface area contributed by atoms with Gasteiger partial charge < -0.3 is 20.3 Å². The highest BCUT2D eigenvalue weighted by molar-refractivity contribution is 5.55. The zero-order valence-corrected chi connectivity index (χ0v) is 10.2. The van der Waals surface area contributed by atoms with Crippen LogP contribution >= 0.6 is 0 Å². The van der Waals surface area contributed by atoms with Crippen LogP contribution in [0.15, 0.2) is 18.2 Å². The highest BCUT2D eigenvalue weighted by Crippen LogP contribution is 2.39. The second kappa shape index (κ2) is 4.55. The lowest BCUT2D eigenvalue weighted by Gasteiger charge is -2.15. The van der Waals surface area contributed by atoms with Crippen molar-refractivity contribution in [3.05, 3.63) is 23.8 Å². The van der Waals surface area contributed by atoms with Gasteiger partial charge in [-0.05, 0) is 6.07 Å². The Morgan fingerprint density at radius 3 is 2.94 bits per heavy atom. The molecule has 0 radical (unpaired) electrons. The molecule has 17 heavy (non-hydrogen) atoms. The molecule has 4 heteroatoms. The van der Waals surface area contributed by atoms with Crippen molar-refractivity contribution in [2.75, 3.05) is 25.1 Å². The first-order valence-corrected chi connectivity index (χ1v) is 5.83. The molecule has 0 spiro atoms. The van der Waals surface area contributed by atoms with E-state index < -0.39 is 6.10 Å². The van der Waals surface area contributed by atoms with Crippen LogP contribution in [-0.2, 0) is 5.41 Å². The molecule has 0 aliphatic carbocycles. The van der Waals surface area contributed by atoms with Gasteiger partial charge in [-0.25, -0.2) is 0 Å². The summed E-state index contributed by atoms with van der Waals surface area (Å²) in [5.74, 6) is 0.901. The third kappa shape index (κ3) is 2.53. The summed E-state index contributed by atoms with van der Waals surface area (Å²) in [6.45, 7) is 5.11. The van der Waals surface area contributed by atoms with Gasteiger partial charge in [-0.2, -0.15) is 0 Å². The molecule has 0 bridgehead atoms. The second-order valence-electron chi connectivity index (χ2n) is 5.10. The van der Waals surface area contributed by atoms with E-state index in [-0.39, 0.29) is 12.0 Å². The van der Waals surface area contributed by atoms with E-state index in [9.17, 15) is 5.11 Å². The zero-order chi connectivity index (χ0) is 12.5. The van der Waals surface area contributed by atoms with Crippen molar-refractivity contribution in [1.29, 1.82) is 0 Å².